The van der Waals surface area contributed by atoms with E-state index in [1.807, 2.05) is 0 Å². The molecule has 1 saturated carbocycles. The minimum absolute atomic E-state index is 0.681. The van der Waals surface area contributed by atoms with Crippen LogP contribution in [0.15, 0.2) is 4.99 Å². The van der Waals surface area contributed by atoms with E-state index >= 15 is 0 Å². The van der Waals surface area contributed by atoms with Crippen molar-refractivity contribution in [3.63, 3.8) is 0 Å². The Balaban J connectivity index is 1.70. The molecule has 0 bridgehead atoms. The lowest BCUT2D eigenvalue weighted by Crippen LogP contribution is -2.45. The second-order valence-electron chi connectivity index (χ2n) is 4.70. The Morgan fingerprint density at radius 2 is 2.12 bits per heavy atom. The summed E-state index contributed by atoms with van der Waals surface area (Å²) < 4.78 is 5.29. The third-order valence-corrected chi connectivity index (χ3v) is 3.47. The Bertz CT molecular complexity index is 259. The van der Waals surface area contributed by atoms with Gasteiger partial charge < -0.3 is 15.4 Å². The van der Waals surface area contributed by atoms with Crippen LogP contribution in [0.1, 0.15) is 19.8 Å². The average molecular weight is 240 g/mol. The molecule has 0 atom stereocenters. The normalized spacial score (nSPS) is 22.2. The van der Waals surface area contributed by atoms with E-state index in [-0.39, 0.29) is 0 Å². The fraction of sp³-hybridized carbons (Fsp3) is 0.917. The van der Waals surface area contributed by atoms with Gasteiger partial charge in [0.2, 0.25) is 0 Å². The van der Waals surface area contributed by atoms with Crippen molar-refractivity contribution in [1.29, 1.82) is 0 Å². The van der Waals surface area contributed by atoms with E-state index in [4.69, 9.17) is 10.5 Å². The number of hydrogen-bond acceptors (Lipinski definition) is 3. The van der Waals surface area contributed by atoms with Crippen LogP contribution in [0, 0.1) is 0 Å². The van der Waals surface area contributed by atoms with Gasteiger partial charge in [0.1, 0.15) is 0 Å². The summed E-state index contributed by atoms with van der Waals surface area (Å²) in [4.78, 5) is 9.07. The van der Waals surface area contributed by atoms with E-state index in [9.17, 15) is 0 Å². The quantitative estimate of drug-likeness (QED) is 0.548. The van der Waals surface area contributed by atoms with Crippen LogP contribution in [-0.4, -0.2) is 67.7 Å². The maximum absolute atomic E-state index is 5.97. The number of hydrogen-bond donors (Lipinski definition) is 1. The van der Waals surface area contributed by atoms with Crippen molar-refractivity contribution in [3.05, 3.63) is 0 Å². The molecule has 0 unspecified atom stereocenters. The molecule has 17 heavy (non-hydrogen) atoms. The number of rotatable bonds is 5. The van der Waals surface area contributed by atoms with Crippen molar-refractivity contribution in [3.8, 4) is 0 Å². The highest BCUT2D eigenvalue weighted by Crippen LogP contribution is 2.25. The summed E-state index contributed by atoms with van der Waals surface area (Å²) in [6.45, 7) is 8.45. The molecule has 1 aliphatic carbocycles. The molecule has 5 heteroatoms. The molecule has 2 rings (SSSR count). The zero-order valence-corrected chi connectivity index (χ0v) is 10.8. The van der Waals surface area contributed by atoms with Crippen LogP contribution in [0.4, 0.5) is 0 Å². The highest BCUT2D eigenvalue weighted by atomic mass is 16.5. The zero-order chi connectivity index (χ0) is 12.1. The first-order chi connectivity index (χ1) is 8.31. The van der Waals surface area contributed by atoms with Gasteiger partial charge in [0.05, 0.1) is 19.8 Å². The summed E-state index contributed by atoms with van der Waals surface area (Å²) in [5.74, 6) is 0.681. The molecule has 0 aromatic rings. The van der Waals surface area contributed by atoms with Gasteiger partial charge in [0.15, 0.2) is 5.96 Å². The Hall–Kier alpha value is -0.810. The largest absolute Gasteiger partial charge is 0.378 e. The van der Waals surface area contributed by atoms with Gasteiger partial charge in [-0.2, -0.15) is 0 Å². The molecule has 0 radical (unpaired) electrons. The lowest BCUT2D eigenvalue weighted by Gasteiger charge is -2.27. The fourth-order valence-electron chi connectivity index (χ4n) is 2.22. The summed E-state index contributed by atoms with van der Waals surface area (Å²) in [5, 5.41) is 0. The molecule has 0 amide bonds. The highest BCUT2D eigenvalue weighted by Gasteiger charge is 2.27. The molecule has 5 nitrogen and oxygen atoms in total. The number of aliphatic imine (C=N–C) groups is 1. The molecule has 1 aliphatic heterocycles. The third kappa shape index (κ3) is 3.85. The molecule has 0 aromatic carbocycles. The average Bonchev–Trinajstić information content (AvgIpc) is 3.20. The predicted octanol–water partition coefficient (Wildman–Crippen LogP) is 0.118. The van der Waals surface area contributed by atoms with E-state index in [0.29, 0.717) is 5.96 Å². The summed E-state index contributed by atoms with van der Waals surface area (Å²) in [7, 11) is 0. The standard InChI is InChI=1S/C12H24N4O/c1-2-15(11-3-4-11)6-5-14-12(13)16-7-9-17-10-8-16/h11H,2-10H2,1H3,(H2,13,14). The highest BCUT2D eigenvalue weighted by molar-refractivity contribution is 5.78. The van der Waals surface area contributed by atoms with Gasteiger partial charge in [-0.1, -0.05) is 6.92 Å². The molecule has 2 aliphatic rings. The molecule has 98 valence electrons. The van der Waals surface area contributed by atoms with Crippen molar-refractivity contribution in [2.24, 2.45) is 10.7 Å². The number of ether oxygens (including phenoxy) is 1. The van der Waals surface area contributed by atoms with E-state index in [1.165, 1.54) is 12.8 Å². The number of nitrogens with zero attached hydrogens (tertiary/aromatic N) is 3. The Labute approximate surface area is 104 Å². The topological polar surface area (TPSA) is 54.1 Å². The number of likely N-dealkylation sites (N-methyl/N-ethyl adjacent to an activating group) is 1. The molecule has 0 aromatic heterocycles. The van der Waals surface area contributed by atoms with Crippen LogP contribution >= 0.6 is 0 Å². The Kier molecular flexibility index (Phi) is 4.62. The second-order valence-corrected chi connectivity index (χ2v) is 4.70. The first-order valence-electron chi connectivity index (χ1n) is 6.68. The Morgan fingerprint density at radius 3 is 2.71 bits per heavy atom. The maximum atomic E-state index is 5.97. The zero-order valence-electron chi connectivity index (χ0n) is 10.8. The van der Waals surface area contributed by atoms with Crippen molar-refractivity contribution < 1.29 is 4.74 Å². The summed E-state index contributed by atoms with van der Waals surface area (Å²) in [6.07, 6.45) is 2.72. The minimum atomic E-state index is 0.681. The fourth-order valence-corrected chi connectivity index (χ4v) is 2.22. The van der Waals surface area contributed by atoms with Crippen LogP contribution in [0.25, 0.3) is 0 Å². The van der Waals surface area contributed by atoms with E-state index in [0.717, 1.165) is 52.0 Å². The molecule has 2 fully saturated rings. The van der Waals surface area contributed by atoms with Crippen molar-refractivity contribution in [1.82, 2.24) is 9.80 Å². The summed E-state index contributed by atoms with van der Waals surface area (Å²) >= 11 is 0. The van der Waals surface area contributed by atoms with Gasteiger partial charge in [-0.15, -0.1) is 0 Å². The molecule has 1 saturated heterocycles. The first-order valence-corrected chi connectivity index (χ1v) is 6.68. The van der Waals surface area contributed by atoms with Crippen LogP contribution < -0.4 is 5.73 Å². The summed E-state index contributed by atoms with van der Waals surface area (Å²) in [5.41, 5.74) is 5.97. The van der Waals surface area contributed by atoms with Gasteiger partial charge in [0.25, 0.3) is 0 Å². The van der Waals surface area contributed by atoms with E-state index in [2.05, 4.69) is 21.7 Å². The van der Waals surface area contributed by atoms with E-state index in [1.54, 1.807) is 0 Å². The number of guanidine groups is 1. The molecule has 2 N–H and O–H groups in total. The minimum Gasteiger partial charge on any atom is -0.378 e. The van der Waals surface area contributed by atoms with Crippen molar-refractivity contribution in [2.45, 2.75) is 25.8 Å². The summed E-state index contributed by atoms with van der Waals surface area (Å²) in [6, 6.07) is 0.819. The maximum Gasteiger partial charge on any atom is 0.191 e. The lowest BCUT2D eigenvalue weighted by molar-refractivity contribution is 0.0674. The van der Waals surface area contributed by atoms with Crippen molar-refractivity contribution >= 4 is 5.96 Å². The molecular formula is C12H24N4O. The third-order valence-electron chi connectivity index (χ3n) is 3.47. The van der Waals surface area contributed by atoms with Gasteiger partial charge in [-0.25, -0.2) is 0 Å². The molecular weight excluding hydrogens is 216 g/mol. The SMILES string of the molecule is CCN(CCN=C(N)N1CCOCC1)C1CC1. The lowest BCUT2D eigenvalue weighted by atomic mass is 10.4. The Morgan fingerprint density at radius 1 is 1.41 bits per heavy atom. The molecule has 0 spiro atoms. The van der Waals surface area contributed by atoms with Crippen LogP contribution in [0.5, 0.6) is 0 Å². The smallest absolute Gasteiger partial charge is 0.191 e. The van der Waals surface area contributed by atoms with Gasteiger partial charge >= 0.3 is 0 Å². The predicted molar refractivity (Wildman–Crippen MR) is 69.2 cm³/mol. The number of nitrogens with two attached hydrogens (primary N) is 1. The van der Waals surface area contributed by atoms with E-state index < -0.39 is 0 Å². The van der Waals surface area contributed by atoms with Gasteiger partial charge in [-0.05, 0) is 19.4 Å². The second kappa shape index (κ2) is 6.21. The van der Waals surface area contributed by atoms with Crippen LogP contribution in [0.2, 0.25) is 0 Å². The molecule has 1 heterocycles. The van der Waals surface area contributed by atoms with Crippen LogP contribution in [-0.2, 0) is 4.74 Å². The first kappa shape index (κ1) is 12.6. The van der Waals surface area contributed by atoms with Gasteiger partial charge in [0, 0.05) is 25.7 Å². The van der Waals surface area contributed by atoms with Gasteiger partial charge in [-0.3, -0.25) is 9.89 Å². The van der Waals surface area contributed by atoms with Crippen LogP contribution in [0.3, 0.4) is 0 Å². The monoisotopic (exact) mass is 240 g/mol. The number of morpholine rings is 1. The van der Waals surface area contributed by atoms with Crippen molar-refractivity contribution in [2.75, 3.05) is 45.9 Å².